The average molecular weight is 656 g/mol. The van der Waals surface area contributed by atoms with Crippen molar-refractivity contribution in [2.75, 3.05) is 20.6 Å². The number of carbonyl (C=O) groups is 3. The lowest BCUT2D eigenvalue weighted by Gasteiger charge is -2.34. The Morgan fingerprint density at radius 2 is 1.48 bits per heavy atom. The van der Waals surface area contributed by atoms with E-state index in [9.17, 15) is 23.2 Å². The number of halogens is 2. The van der Waals surface area contributed by atoms with Crippen molar-refractivity contribution in [2.45, 2.75) is 57.2 Å². The Kier molecular flexibility index (Phi) is 12.1. The van der Waals surface area contributed by atoms with Gasteiger partial charge in [0.15, 0.2) is 11.6 Å². The standard InChI is InChI=1S/C38H43F2N5O3/c1-38(2,41)18-7-10-35(46)44(3)34(25-27-11-13-29-8-5-6-9-30(29)22-27)37(48)45(4)33(24-28-12-14-31(39)32(40)23-28)36(47)43-21-17-26-15-19-42-20-16-26/h5-16,19-20,22-23,33-34H,17-18,21,24-25,41H2,1-4H3,(H,43,47)/b10-7+/t33-,34-/m1/s1. The molecule has 2 atom stereocenters. The summed E-state index contributed by atoms with van der Waals surface area (Å²) in [7, 11) is 3.05. The van der Waals surface area contributed by atoms with E-state index in [4.69, 9.17) is 5.73 Å². The van der Waals surface area contributed by atoms with Gasteiger partial charge in [-0.2, -0.15) is 0 Å². The molecular weight excluding hydrogens is 612 g/mol. The molecule has 0 spiro atoms. The fraction of sp³-hybridized carbons (Fsp3) is 0.316. The molecule has 0 fully saturated rings. The van der Waals surface area contributed by atoms with Crippen molar-refractivity contribution in [3.63, 3.8) is 0 Å². The predicted molar refractivity (Wildman–Crippen MR) is 184 cm³/mol. The Hall–Kier alpha value is -4.96. The molecule has 4 aromatic rings. The number of amides is 3. The molecule has 0 bridgehead atoms. The predicted octanol–water partition coefficient (Wildman–Crippen LogP) is 4.99. The van der Waals surface area contributed by atoms with Crippen molar-refractivity contribution in [2.24, 2.45) is 5.73 Å². The maximum absolute atomic E-state index is 14.4. The van der Waals surface area contributed by atoms with E-state index < -0.39 is 47.0 Å². The lowest BCUT2D eigenvalue weighted by molar-refractivity contribution is -0.146. The third-order valence-electron chi connectivity index (χ3n) is 8.24. The Bertz CT molecular complexity index is 1760. The van der Waals surface area contributed by atoms with Gasteiger partial charge in [0.05, 0.1) is 0 Å². The molecule has 252 valence electrons. The van der Waals surface area contributed by atoms with E-state index in [1.165, 1.54) is 29.0 Å². The van der Waals surface area contributed by atoms with E-state index in [2.05, 4.69) is 10.3 Å². The molecule has 10 heteroatoms. The van der Waals surface area contributed by atoms with Crippen molar-refractivity contribution < 1.29 is 23.2 Å². The summed E-state index contributed by atoms with van der Waals surface area (Å²) in [5.41, 5.74) is 7.69. The van der Waals surface area contributed by atoms with Crippen molar-refractivity contribution >= 4 is 28.5 Å². The second-order valence-electron chi connectivity index (χ2n) is 12.8. The van der Waals surface area contributed by atoms with Crippen molar-refractivity contribution in [3.8, 4) is 0 Å². The molecule has 1 heterocycles. The molecule has 0 radical (unpaired) electrons. The van der Waals surface area contributed by atoms with Gasteiger partial charge in [-0.15, -0.1) is 0 Å². The number of aromatic nitrogens is 1. The monoisotopic (exact) mass is 655 g/mol. The highest BCUT2D eigenvalue weighted by Crippen LogP contribution is 2.21. The molecule has 0 aliphatic rings. The summed E-state index contributed by atoms with van der Waals surface area (Å²) in [6.07, 6.45) is 7.48. The van der Waals surface area contributed by atoms with E-state index >= 15 is 0 Å². The molecule has 3 aromatic carbocycles. The quantitative estimate of drug-likeness (QED) is 0.186. The molecule has 0 saturated carbocycles. The molecule has 8 nitrogen and oxygen atoms in total. The number of pyridine rings is 1. The van der Waals surface area contributed by atoms with E-state index in [0.717, 1.165) is 34.0 Å². The molecule has 3 amide bonds. The number of hydrogen-bond acceptors (Lipinski definition) is 5. The first-order chi connectivity index (χ1) is 22.8. The van der Waals surface area contributed by atoms with Crippen LogP contribution in [0.5, 0.6) is 0 Å². The number of hydrogen-bond donors (Lipinski definition) is 2. The van der Waals surface area contributed by atoms with Gasteiger partial charge in [0.1, 0.15) is 12.1 Å². The number of rotatable bonds is 14. The molecule has 1 aromatic heterocycles. The lowest BCUT2D eigenvalue weighted by atomic mass is 9.98. The number of nitrogens with two attached hydrogens (primary N) is 1. The van der Waals surface area contributed by atoms with E-state index in [1.807, 2.05) is 68.4 Å². The first kappa shape index (κ1) is 35.9. The van der Waals surface area contributed by atoms with E-state index in [1.54, 1.807) is 25.5 Å². The summed E-state index contributed by atoms with van der Waals surface area (Å²) < 4.78 is 28.0. The molecule has 0 aliphatic carbocycles. The van der Waals surface area contributed by atoms with Gasteiger partial charge < -0.3 is 20.9 Å². The van der Waals surface area contributed by atoms with Crippen LogP contribution in [0.4, 0.5) is 8.78 Å². The summed E-state index contributed by atoms with van der Waals surface area (Å²) >= 11 is 0. The third-order valence-corrected chi connectivity index (χ3v) is 8.24. The zero-order valence-corrected chi connectivity index (χ0v) is 27.8. The van der Waals surface area contributed by atoms with Gasteiger partial charge in [-0.05, 0) is 84.5 Å². The van der Waals surface area contributed by atoms with Crippen LogP contribution in [0.25, 0.3) is 10.8 Å². The summed E-state index contributed by atoms with van der Waals surface area (Å²) in [5, 5.41) is 4.91. The van der Waals surface area contributed by atoms with Crippen molar-refractivity contribution in [3.05, 3.63) is 126 Å². The van der Waals surface area contributed by atoms with Crippen LogP contribution in [0.1, 0.15) is 37.0 Å². The number of nitrogens with zero attached hydrogens (tertiary/aromatic N) is 3. The second-order valence-corrected chi connectivity index (χ2v) is 12.8. The summed E-state index contributed by atoms with van der Waals surface area (Å²) in [4.78, 5) is 48.2. The SMILES string of the molecule is CN(C(=O)/C=C/CC(C)(C)N)[C@H](Cc1ccc2ccccc2c1)C(=O)N(C)[C@H](Cc1ccc(F)c(F)c1)C(=O)NCCc1ccncc1. The molecule has 4 rings (SSSR count). The zero-order valence-electron chi connectivity index (χ0n) is 27.8. The minimum Gasteiger partial charge on any atom is -0.354 e. The highest BCUT2D eigenvalue weighted by molar-refractivity contribution is 5.95. The van der Waals surface area contributed by atoms with Crippen LogP contribution in [0.15, 0.2) is 97.3 Å². The number of nitrogens with one attached hydrogen (secondary N) is 1. The van der Waals surface area contributed by atoms with Gasteiger partial charge >= 0.3 is 0 Å². The highest BCUT2D eigenvalue weighted by Gasteiger charge is 2.35. The van der Waals surface area contributed by atoms with Crippen molar-refractivity contribution in [1.82, 2.24) is 20.1 Å². The van der Waals surface area contributed by atoms with E-state index in [0.29, 0.717) is 18.4 Å². The average Bonchev–Trinajstić information content (AvgIpc) is 3.06. The fourth-order valence-corrected chi connectivity index (χ4v) is 5.39. The van der Waals surface area contributed by atoms with Crippen LogP contribution in [0.2, 0.25) is 0 Å². The van der Waals surface area contributed by atoms with Crippen LogP contribution in [-0.2, 0) is 33.6 Å². The zero-order chi connectivity index (χ0) is 34.8. The van der Waals surface area contributed by atoms with Gasteiger partial charge in [-0.25, -0.2) is 8.78 Å². The van der Waals surface area contributed by atoms with Crippen LogP contribution in [0, 0.1) is 11.6 Å². The Labute approximate surface area is 280 Å². The smallest absolute Gasteiger partial charge is 0.246 e. The molecule has 3 N–H and O–H groups in total. The topological polar surface area (TPSA) is 109 Å². The Balaban J connectivity index is 1.64. The van der Waals surface area contributed by atoms with Gasteiger partial charge in [-0.3, -0.25) is 19.4 Å². The number of likely N-dealkylation sites (N-methyl/N-ethyl adjacent to an activating group) is 2. The Morgan fingerprint density at radius 3 is 2.17 bits per heavy atom. The van der Waals surface area contributed by atoms with Crippen LogP contribution in [0.3, 0.4) is 0 Å². The molecule has 0 unspecified atom stereocenters. The van der Waals surface area contributed by atoms with Gasteiger partial charge in [0, 0.05) is 51.4 Å². The minimum absolute atomic E-state index is 0.0770. The molecule has 0 aliphatic heterocycles. The molecule has 0 saturated heterocycles. The summed E-state index contributed by atoms with van der Waals surface area (Å²) in [5.74, 6) is -3.41. The fourth-order valence-electron chi connectivity index (χ4n) is 5.39. The highest BCUT2D eigenvalue weighted by atomic mass is 19.2. The van der Waals surface area contributed by atoms with Crippen molar-refractivity contribution in [1.29, 1.82) is 0 Å². The number of benzene rings is 3. The van der Waals surface area contributed by atoms with Crippen LogP contribution < -0.4 is 11.1 Å². The first-order valence-electron chi connectivity index (χ1n) is 15.9. The van der Waals surface area contributed by atoms with E-state index in [-0.39, 0.29) is 19.4 Å². The summed E-state index contributed by atoms with van der Waals surface area (Å²) in [6, 6.07) is 18.7. The Morgan fingerprint density at radius 1 is 0.833 bits per heavy atom. The van der Waals surface area contributed by atoms with Gasteiger partial charge in [0.2, 0.25) is 17.7 Å². The normalized spacial score (nSPS) is 12.9. The lowest BCUT2D eigenvalue weighted by Crippen LogP contribution is -2.56. The van der Waals surface area contributed by atoms with Gasteiger partial charge in [0.25, 0.3) is 0 Å². The maximum atomic E-state index is 14.4. The third kappa shape index (κ3) is 10.0. The van der Waals surface area contributed by atoms with Gasteiger partial charge in [-0.1, -0.05) is 54.6 Å². The minimum atomic E-state index is -1.09. The van der Waals surface area contributed by atoms with Crippen LogP contribution in [-0.4, -0.2) is 70.8 Å². The number of fused-ring (bicyclic) bond motifs is 1. The first-order valence-corrected chi connectivity index (χ1v) is 15.9. The summed E-state index contributed by atoms with van der Waals surface area (Å²) in [6.45, 7) is 3.98. The molecule has 48 heavy (non-hydrogen) atoms. The molecular formula is C38H43F2N5O3. The van der Waals surface area contributed by atoms with Crippen LogP contribution >= 0.6 is 0 Å². The number of carbonyl (C=O) groups excluding carboxylic acids is 3. The largest absolute Gasteiger partial charge is 0.354 e. The maximum Gasteiger partial charge on any atom is 0.246 e. The second kappa shape index (κ2) is 16.2.